The van der Waals surface area contributed by atoms with Gasteiger partial charge in [0.15, 0.2) is 0 Å². The van der Waals surface area contributed by atoms with Gasteiger partial charge in [-0.05, 0) is 41.0 Å². The summed E-state index contributed by atoms with van der Waals surface area (Å²) in [5.74, 6) is -0.255. The minimum atomic E-state index is -3.49. The van der Waals surface area contributed by atoms with Crippen molar-refractivity contribution in [1.29, 1.82) is 0 Å². The maximum absolute atomic E-state index is 12.1. The molecule has 0 atom stereocenters. The van der Waals surface area contributed by atoms with Crippen molar-refractivity contribution in [1.82, 2.24) is 14.6 Å². The van der Waals surface area contributed by atoms with Crippen molar-refractivity contribution in [3.05, 3.63) is 106 Å². The lowest BCUT2D eigenvalue weighted by Crippen LogP contribution is -2.23. The molecule has 1 heterocycles. The van der Waals surface area contributed by atoms with Gasteiger partial charge in [0.2, 0.25) is 15.9 Å². The molecule has 3 aromatic rings. The van der Waals surface area contributed by atoms with Gasteiger partial charge in [-0.2, -0.15) is 0 Å². The van der Waals surface area contributed by atoms with Crippen LogP contribution < -0.4 is 15.6 Å². The first kappa shape index (κ1) is 23.2. The predicted molar refractivity (Wildman–Crippen MR) is 124 cm³/mol. The van der Waals surface area contributed by atoms with Crippen molar-refractivity contribution in [3.63, 3.8) is 0 Å². The molecule has 1 amide bonds. The Morgan fingerprint density at radius 2 is 1.66 bits per heavy atom. The number of sulfonamides is 1. The summed E-state index contributed by atoms with van der Waals surface area (Å²) in [6.45, 7) is 2.90. The lowest BCUT2D eigenvalue weighted by molar-refractivity contribution is -0.116. The van der Waals surface area contributed by atoms with Crippen LogP contribution in [-0.4, -0.2) is 25.4 Å². The van der Waals surface area contributed by atoms with Gasteiger partial charge in [0, 0.05) is 31.4 Å². The highest BCUT2D eigenvalue weighted by molar-refractivity contribution is 7.89. The van der Waals surface area contributed by atoms with Gasteiger partial charge in [-0.25, -0.2) is 13.1 Å². The standard InChI is InChI=1S/C24H25N3O4S/c1-2-26-32(30,31)22-13-10-19(11-14-22)12-15-23(28)25-17-20-6-8-21(9-7-20)18-27-16-4-3-5-24(27)29/h3-16,26H,2,17-18H2,1H3,(H,25,28)/b15-12+. The maximum atomic E-state index is 12.1. The summed E-state index contributed by atoms with van der Waals surface area (Å²) in [6, 6.07) is 19.0. The molecule has 2 N–H and O–H groups in total. The second-order valence-electron chi connectivity index (χ2n) is 7.10. The smallest absolute Gasteiger partial charge is 0.250 e. The van der Waals surface area contributed by atoms with Crippen LogP contribution in [-0.2, 0) is 27.9 Å². The lowest BCUT2D eigenvalue weighted by atomic mass is 10.1. The molecule has 0 aliphatic carbocycles. The van der Waals surface area contributed by atoms with Crippen LogP contribution in [0.1, 0.15) is 23.6 Å². The van der Waals surface area contributed by atoms with E-state index in [-0.39, 0.29) is 16.4 Å². The number of benzene rings is 2. The Morgan fingerprint density at radius 1 is 0.969 bits per heavy atom. The summed E-state index contributed by atoms with van der Waals surface area (Å²) >= 11 is 0. The number of carbonyl (C=O) groups is 1. The molecule has 0 unspecified atom stereocenters. The lowest BCUT2D eigenvalue weighted by Gasteiger charge is -2.07. The molecule has 7 nitrogen and oxygen atoms in total. The average Bonchev–Trinajstić information content (AvgIpc) is 2.79. The molecule has 8 heteroatoms. The third kappa shape index (κ3) is 6.50. The Labute approximate surface area is 187 Å². The molecule has 0 radical (unpaired) electrons. The second-order valence-corrected chi connectivity index (χ2v) is 8.87. The summed E-state index contributed by atoms with van der Waals surface area (Å²) in [7, 11) is -3.49. The van der Waals surface area contributed by atoms with Crippen molar-refractivity contribution in [2.45, 2.75) is 24.9 Å². The first-order chi connectivity index (χ1) is 15.4. The number of nitrogens with zero attached hydrogens (tertiary/aromatic N) is 1. The highest BCUT2D eigenvalue weighted by Crippen LogP contribution is 2.11. The Kier molecular flexibility index (Phi) is 7.75. The van der Waals surface area contributed by atoms with E-state index in [1.807, 2.05) is 30.3 Å². The van der Waals surface area contributed by atoms with E-state index in [0.29, 0.717) is 19.6 Å². The Hall–Kier alpha value is -3.49. The van der Waals surface area contributed by atoms with E-state index in [1.165, 1.54) is 24.3 Å². The number of nitrogens with one attached hydrogen (secondary N) is 2. The van der Waals surface area contributed by atoms with E-state index in [9.17, 15) is 18.0 Å². The number of rotatable bonds is 9. The van der Waals surface area contributed by atoms with Crippen molar-refractivity contribution in [2.24, 2.45) is 0 Å². The number of hydrogen-bond acceptors (Lipinski definition) is 4. The summed E-state index contributed by atoms with van der Waals surface area (Å²) < 4.78 is 28.0. The largest absolute Gasteiger partial charge is 0.348 e. The fraction of sp³-hybridized carbons (Fsp3) is 0.167. The molecule has 166 valence electrons. The van der Waals surface area contributed by atoms with Crippen LogP contribution in [0.4, 0.5) is 0 Å². The van der Waals surface area contributed by atoms with E-state index in [4.69, 9.17) is 0 Å². The highest BCUT2D eigenvalue weighted by atomic mass is 32.2. The van der Waals surface area contributed by atoms with Crippen molar-refractivity contribution in [3.8, 4) is 0 Å². The van der Waals surface area contributed by atoms with Gasteiger partial charge in [0.1, 0.15) is 0 Å². The van der Waals surface area contributed by atoms with Gasteiger partial charge >= 0.3 is 0 Å². The fourth-order valence-electron chi connectivity index (χ4n) is 3.00. The predicted octanol–water partition coefficient (Wildman–Crippen LogP) is 2.52. The molecule has 32 heavy (non-hydrogen) atoms. The third-order valence-electron chi connectivity index (χ3n) is 4.69. The van der Waals surface area contributed by atoms with Crippen LogP contribution in [0.15, 0.2) is 88.7 Å². The number of amides is 1. The molecule has 0 aliphatic rings. The summed E-state index contributed by atoms with van der Waals surface area (Å²) in [6.07, 6.45) is 4.78. The van der Waals surface area contributed by atoms with E-state index in [1.54, 1.807) is 42.0 Å². The van der Waals surface area contributed by atoms with E-state index in [0.717, 1.165) is 16.7 Å². The Bertz CT molecular complexity index is 1250. The minimum absolute atomic E-state index is 0.0514. The molecule has 0 saturated carbocycles. The maximum Gasteiger partial charge on any atom is 0.250 e. The van der Waals surface area contributed by atoms with Crippen molar-refractivity contribution < 1.29 is 13.2 Å². The van der Waals surface area contributed by atoms with Gasteiger partial charge in [0.05, 0.1) is 11.4 Å². The molecular formula is C24H25N3O4S. The molecule has 1 aromatic heterocycles. The first-order valence-corrected chi connectivity index (χ1v) is 11.6. The van der Waals surface area contributed by atoms with Crippen LogP contribution in [0, 0.1) is 0 Å². The number of carbonyl (C=O) groups excluding carboxylic acids is 1. The van der Waals surface area contributed by atoms with E-state index < -0.39 is 10.0 Å². The first-order valence-electron chi connectivity index (χ1n) is 10.2. The topological polar surface area (TPSA) is 97.3 Å². The molecule has 0 saturated heterocycles. The number of hydrogen-bond donors (Lipinski definition) is 2. The molecule has 0 aliphatic heterocycles. The Morgan fingerprint density at radius 3 is 2.31 bits per heavy atom. The van der Waals surface area contributed by atoms with Crippen LogP contribution in [0.5, 0.6) is 0 Å². The molecule has 2 aromatic carbocycles. The third-order valence-corrected chi connectivity index (χ3v) is 6.26. The zero-order valence-corrected chi connectivity index (χ0v) is 18.5. The Balaban J connectivity index is 1.52. The molecule has 0 fully saturated rings. The summed E-state index contributed by atoms with van der Waals surface area (Å²) in [5.41, 5.74) is 2.60. The quantitative estimate of drug-likeness (QED) is 0.489. The van der Waals surface area contributed by atoms with Crippen molar-refractivity contribution >= 4 is 22.0 Å². The molecule has 0 spiro atoms. The SMILES string of the molecule is CCNS(=O)(=O)c1ccc(/C=C/C(=O)NCc2ccc(Cn3ccccc3=O)cc2)cc1. The van der Waals surface area contributed by atoms with Gasteiger partial charge < -0.3 is 9.88 Å². The minimum Gasteiger partial charge on any atom is -0.348 e. The average molecular weight is 452 g/mol. The van der Waals surface area contributed by atoms with Gasteiger partial charge in [-0.1, -0.05) is 49.4 Å². The molecule has 0 bridgehead atoms. The van der Waals surface area contributed by atoms with Crippen molar-refractivity contribution in [2.75, 3.05) is 6.54 Å². The highest BCUT2D eigenvalue weighted by Gasteiger charge is 2.11. The fourth-order valence-corrected chi connectivity index (χ4v) is 4.04. The van der Waals surface area contributed by atoms with Gasteiger partial charge in [-0.15, -0.1) is 0 Å². The van der Waals surface area contributed by atoms with Crippen LogP contribution in [0.25, 0.3) is 6.08 Å². The van der Waals surface area contributed by atoms with Crippen LogP contribution in [0.2, 0.25) is 0 Å². The van der Waals surface area contributed by atoms with Gasteiger partial charge in [-0.3, -0.25) is 9.59 Å². The summed E-state index contributed by atoms with van der Waals surface area (Å²) in [4.78, 5) is 24.1. The molecular weight excluding hydrogens is 426 g/mol. The summed E-state index contributed by atoms with van der Waals surface area (Å²) in [5, 5.41) is 2.81. The number of pyridine rings is 1. The zero-order valence-electron chi connectivity index (χ0n) is 17.7. The zero-order chi connectivity index (χ0) is 23.0. The monoisotopic (exact) mass is 451 g/mol. The van der Waals surface area contributed by atoms with E-state index in [2.05, 4.69) is 10.0 Å². The molecule has 3 rings (SSSR count). The van der Waals surface area contributed by atoms with Gasteiger partial charge in [0.25, 0.3) is 5.56 Å². The second kappa shape index (κ2) is 10.7. The van der Waals surface area contributed by atoms with Crippen LogP contribution in [0.3, 0.4) is 0 Å². The van der Waals surface area contributed by atoms with E-state index >= 15 is 0 Å². The van der Waals surface area contributed by atoms with Crippen LogP contribution >= 0.6 is 0 Å². The number of aromatic nitrogens is 1. The normalized spacial score (nSPS) is 11.5.